The summed E-state index contributed by atoms with van der Waals surface area (Å²) in [5, 5.41) is 5.17. The Morgan fingerprint density at radius 1 is 1.15 bits per heavy atom. The minimum Gasteiger partial charge on any atom is -0.361 e. The molecular formula is C17H23N3. The van der Waals surface area contributed by atoms with Crippen LogP contribution in [-0.4, -0.2) is 35.1 Å². The van der Waals surface area contributed by atoms with Gasteiger partial charge in [-0.2, -0.15) is 0 Å². The van der Waals surface area contributed by atoms with Gasteiger partial charge in [0, 0.05) is 42.3 Å². The Morgan fingerprint density at radius 2 is 2.10 bits per heavy atom. The van der Waals surface area contributed by atoms with Crippen LogP contribution in [0.4, 0.5) is 0 Å². The van der Waals surface area contributed by atoms with E-state index in [1.165, 1.54) is 55.2 Å². The highest BCUT2D eigenvalue weighted by Gasteiger charge is 2.34. The quantitative estimate of drug-likeness (QED) is 0.897. The lowest BCUT2D eigenvalue weighted by atomic mass is 9.99. The monoisotopic (exact) mass is 269 g/mol. The number of H-pyrrole nitrogens is 1. The van der Waals surface area contributed by atoms with Gasteiger partial charge in [0.05, 0.1) is 0 Å². The van der Waals surface area contributed by atoms with Gasteiger partial charge in [-0.3, -0.25) is 4.90 Å². The van der Waals surface area contributed by atoms with Crippen LogP contribution < -0.4 is 5.32 Å². The summed E-state index contributed by atoms with van der Waals surface area (Å²) in [6.45, 7) is 3.59. The van der Waals surface area contributed by atoms with Crippen LogP contribution in [0.1, 0.15) is 31.2 Å². The summed E-state index contributed by atoms with van der Waals surface area (Å²) < 4.78 is 0. The summed E-state index contributed by atoms with van der Waals surface area (Å²) in [5.74, 6) is 0. The number of nitrogens with one attached hydrogen (secondary N) is 2. The van der Waals surface area contributed by atoms with Crippen LogP contribution in [0.5, 0.6) is 0 Å². The van der Waals surface area contributed by atoms with Crippen molar-refractivity contribution in [3.05, 3.63) is 36.0 Å². The molecule has 4 rings (SSSR count). The minimum atomic E-state index is 0.684. The summed E-state index contributed by atoms with van der Waals surface area (Å²) in [6.07, 6.45) is 7.65. The van der Waals surface area contributed by atoms with Gasteiger partial charge in [-0.15, -0.1) is 0 Å². The maximum atomic E-state index is 3.81. The van der Waals surface area contributed by atoms with Crippen LogP contribution in [0.25, 0.3) is 10.9 Å². The molecule has 0 saturated carbocycles. The lowest BCUT2D eigenvalue weighted by molar-refractivity contribution is 0.180. The minimum absolute atomic E-state index is 0.684. The maximum Gasteiger partial charge on any atom is 0.0457 e. The van der Waals surface area contributed by atoms with E-state index in [2.05, 4.69) is 45.7 Å². The molecule has 2 saturated heterocycles. The van der Waals surface area contributed by atoms with Crippen molar-refractivity contribution >= 4 is 10.9 Å². The molecule has 1 aromatic carbocycles. The van der Waals surface area contributed by atoms with Crippen molar-refractivity contribution in [2.24, 2.45) is 0 Å². The second kappa shape index (κ2) is 5.23. The van der Waals surface area contributed by atoms with Crippen LogP contribution in [-0.2, 0) is 6.54 Å². The van der Waals surface area contributed by atoms with Crippen LogP contribution in [0.15, 0.2) is 30.5 Å². The molecule has 0 radical (unpaired) electrons. The molecule has 0 aliphatic carbocycles. The Balaban J connectivity index is 1.45. The van der Waals surface area contributed by atoms with Crippen LogP contribution in [0.3, 0.4) is 0 Å². The highest BCUT2D eigenvalue weighted by Crippen LogP contribution is 2.27. The first-order valence-corrected chi connectivity index (χ1v) is 7.94. The number of aromatic nitrogens is 1. The average molecular weight is 269 g/mol. The molecule has 2 atom stereocenters. The van der Waals surface area contributed by atoms with Crippen molar-refractivity contribution in [1.82, 2.24) is 15.2 Å². The zero-order valence-electron chi connectivity index (χ0n) is 11.9. The fourth-order valence-electron chi connectivity index (χ4n) is 4.00. The largest absolute Gasteiger partial charge is 0.361 e. The molecule has 0 bridgehead atoms. The first-order chi connectivity index (χ1) is 9.92. The van der Waals surface area contributed by atoms with E-state index in [-0.39, 0.29) is 0 Å². The molecule has 2 aromatic rings. The average Bonchev–Trinajstić information content (AvgIpc) is 3.09. The second-order valence-corrected chi connectivity index (χ2v) is 6.23. The third kappa shape index (κ3) is 2.15. The van der Waals surface area contributed by atoms with Crippen molar-refractivity contribution in [3.8, 4) is 0 Å². The summed E-state index contributed by atoms with van der Waals surface area (Å²) in [4.78, 5) is 6.06. The van der Waals surface area contributed by atoms with Gasteiger partial charge in [0.2, 0.25) is 0 Å². The van der Waals surface area contributed by atoms with Gasteiger partial charge in [0.1, 0.15) is 0 Å². The zero-order chi connectivity index (χ0) is 13.4. The number of benzene rings is 1. The van der Waals surface area contributed by atoms with Crippen molar-refractivity contribution in [2.45, 2.75) is 44.3 Å². The van der Waals surface area contributed by atoms with Gasteiger partial charge in [-0.25, -0.2) is 0 Å². The highest BCUT2D eigenvalue weighted by atomic mass is 15.2. The molecule has 2 unspecified atom stereocenters. The predicted molar refractivity (Wildman–Crippen MR) is 82.8 cm³/mol. The van der Waals surface area contributed by atoms with E-state index < -0.39 is 0 Å². The lowest BCUT2D eigenvalue weighted by Crippen LogP contribution is -2.44. The second-order valence-electron chi connectivity index (χ2n) is 6.23. The Labute approximate surface area is 120 Å². The molecule has 0 amide bonds. The van der Waals surface area contributed by atoms with E-state index in [1.54, 1.807) is 0 Å². The van der Waals surface area contributed by atoms with E-state index in [9.17, 15) is 0 Å². The Morgan fingerprint density at radius 3 is 3.10 bits per heavy atom. The molecule has 2 fully saturated rings. The molecule has 106 valence electrons. The number of piperidine rings is 1. The maximum absolute atomic E-state index is 3.81. The van der Waals surface area contributed by atoms with Gasteiger partial charge in [0.25, 0.3) is 0 Å². The number of fused-ring (bicyclic) bond motifs is 2. The van der Waals surface area contributed by atoms with Gasteiger partial charge in [-0.05, 0) is 37.4 Å². The van der Waals surface area contributed by atoms with E-state index in [0.29, 0.717) is 6.04 Å². The number of hydrogen-bond donors (Lipinski definition) is 2. The number of hydrogen-bond acceptors (Lipinski definition) is 2. The first-order valence-electron chi connectivity index (χ1n) is 7.94. The normalized spacial score (nSPS) is 27.0. The molecule has 0 spiro atoms. The van der Waals surface area contributed by atoms with Gasteiger partial charge >= 0.3 is 0 Å². The van der Waals surface area contributed by atoms with E-state index >= 15 is 0 Å². The van der Waals surface area contributed by atoms with Crippen molar-refractivity contribution in [2.75, 3.05) is 13.1 Å². The third-order valence-electron chi connectivity index (χ3n) is 5.09. The highest BCUT2D eigenvalue weighted by molar-refractivity contribution is 5.82. The van der Waals surface area contributed by atoms with Crippen LogP contribution >= 0.6 is 0 Å². The summed E-state index contributed by atoms with van der Waals surface area (Å²) in [5.41, 5.74) is 2.64. The summed E-state index contributed by atoms with van der Waals surface area (Å²) in [7, 11) is 0. The van der Waals surface area contributed by atoms with E-state index in [0.717, 1.165) is 12.6 Å². The number of nitrogens with zero attached hydrogens (tertiary/aromatic N) is 1. The summed E-state index contributed by atoms with van der Waals surface area (Å²) >= 11 is 0. The number of para-hydroxylation sites is 1. The SMILES string of the molecule is c1ccc2c(CNC3CCN4CCCCC34)c[nH]c2c1. The van der Waals surface area contributed by atoms with Gasteiger partial charge in [-0.1, -0.05) is 24.6 Å². The number of aromatic amines is 1. The molecule has 2 aliphatic heterocycles. The first kappa shape index (κ1) is 12.4. The van der Waals surface area contributed by atoms with Crippen molar-refractivity contribution < 1.29 is 0 Å². The van der Waals surface area contributed by atoms with E-state index in [4.69, 9.17) is 0 Å². The molecule has 1 aromatic heterocycles. The van der Waals surface area contributed by atoms with Crippen molar-refractivity contribution in [3.63, 3.8) is 0 Å². The molecule has 3 heterocycles. The fourth-order valence-corrected chi connectivity index (χ4v) is 4.00. The lowest BCUT2D eigenvalue weighted by Gasteiger charge is -2.32. The molecule has 3 nitrogen and oxygen atoms in total. The smallest absolute Gasteiger partial charge is 0.0457 e. The van der Waals surface area contributed by atoms with Gasteiger partial charge in [0.15, 0.2) is 0 Å². The molecule has 20 heavy (non-hydrogen) atoms. The molecule has 3 heteroatoms. The fraction of sp³-hybridized carbons (Fsp3) is 0.529. The molecule has 2 aliphatic rings. The molecular weight excluding hydrogens is 246 g/mol. The van der Waals surface area contributed by atoms with E-state index in [1.807, 2.05) is 0 Å². The Bertz CT molecular complexity index is 589. The van der Waals surface area contributed by atoms with Crippen LogP contribution in [0.2, 0.25) is 0 Å². The summed E-state index contributed by atoms with van der Waals surface area (Å²) in [6, 6.07) is 10.0. The predicted octanol–water partition coefficient (Wildman–Crippen LogP) is 2.88. The van der Waals surface area contributed by atoms with Crippen molar-refractivity contribution in [1.29, 1.82) is 0 Å². The third-order valence-corrected chi connectivity index (χ3v) is 5.09. The zero-order valence-corrected chi connectivity index (χ0v) is 11.9. The standard InChI is InChI=1S/C17H23N3/c1-2-6-15-14(5-1)13(11-18-15)12-19-16-8-10-20-9-4-3-7-17(16)20/h1-2,5-6,11,16-19H,3-4,7-10,12H2. The molecule has 2 N–H and O–H groups in total. The Hall–Kier alpha value is -1.32. The Kier molecular flexibility index (Phi) is 3.25. The van der Waals surface area contributed by atoms with Gasteiger partial charge < -0.3 is 10.3 Å². The number of rotatable bonds is 3. The topological polar surface area (TPSA) is 31.1 Å². The van der Waals surface area contributed by atoms with Crippen LogP contribution in [0, 0.1) is 0 Å².